The van der Waals surface area contributed by atoms with E-state index in [2.05, 4.69) is 10.4 Å². The van der Waals surface area contributed by atoms with E-state index in [0.717, 1.165) is 16.8 Å². The highest BCUT2D eigenvalue weighted by Crippen LogP contribution is 2.44. The van der Waals surface area contributed by atoms with Gasteiger partial charge in [0.1, 0.15) is 17.3 Å². The van der Waals surface area contributed by atoms with Gasteiger partial charge in [-0.3, -0.25) is 4.79 Å². The van der Waals surface area contributed by atoms with Crippen LogP contribution in [0.1, 0.15) is 41.6 Å². The van der Waals surface area contributed by atoms with Gasteiger partial charge in [-0.05, 0) is 31.5 Å². The fourth-order valence-corrected chi connectivity index (χ4v) is 5.87. The Bertz CT molecular complexity index is 1040. The molecule has 1 saturated heterocycles. The molecule has 1 fully saturated rings. The predicted molar refractivity (Wildman–Crippen MR) is 104 cm³/mol. The van der Waals surface area contributed by atoms with Gasteiger partial charge in [0, 0.05) is 23.5 Å². The highest BCUT2D eigenvalue weighted by Gasteiger charge is 2.38. The number of nitrogens with one attached hydrogen (secondary N) is 1. The van der Waals surface area contributed by atoms with Gasteiger partial charge in [-0.2, -0.15) is 5.10 Å². The maximum absolute atomic E-state index is 12.5. The number of ether oxygens (including phenoxy) is 2. The molecule has 0 radical (unpaired) electrons. The third kappa shape index (κ3) is 3.13. The number of hydrogen-bond donors (Lipinski definition) is 1. The fourth-order valence-electron chi connectivity index (χ4n) is 4.18. The molecule has 2 aliphatic heterocycles. The molecule has 9 heteroatoms. The number of nitrogens with zero attached hydrogens (tertiary/aromatic N) is 2. The van der Waals surface area contributed by atoms with Gasteiger partial charge < -0.3 is 14.8 Å². The number of carbonyl (C=O) groups excluding carboxylic acids is 1. The lowest BCUT2D eigenvalue weighted by molar-refractivity contribution is -0.116. The van der Waals surface area contributed by atoms with Gasteiger partial charge in [0.2, 0.25) is 5.91 Å². The summed E-state index contributed by atoms with van der Waals surface area (Å²) in [5.41, 5.74) is 2.52. The molecule has 28 heavy (non-hydrogen) atoms. The van der Waals surface area contributed by atoms with Gasteiger partial charge >= 0.3 is 0 Å². The van der Waals surface area contributed by atoms with Crippen LogP contribution in [0.5, 0.6) is 11.5 Å². The SMILES string of the molecule is COc1ccc(OC)c([C@H]2CC(=O)Nc3c2c(C)nn3[C@@H]2CCS(=O)(=O)C2)c1. The normalized spacial score (nSPS) is 23.2. The minimum Gasteiger partial charge on any atom is -0.497 e. The Labute approximate surface area is 163 Å². The number of methoxy groups -OCH3 is 2. The van der Waals surface area contributed by atoms with Crippen LogP contribution in [-0.4, -0.2) is 49.8 Å². The number of anilines is 1. The Kier molecular flexibility index (Phi) is 4.57. The molecule has 0 aliphatic carbocycles. The number of amides is 1. The summed E-state index contributed by atoms with van der Waals surface area (Å²) in [6, 6.07) is 5.25. The van der Waals surface area contributed by atoms with Gasteiger partial charge in [0.05, 0.1) is 37.5 Å². The highest BCUT2D eigenvalue weighted by atomic mass is 32.2. The molecule has 3 heterocycles. The maximum atomic E-state index is 12.5. The van der Waals surface area contributed by atoms with Crippen LogP contribution in [0, 0.1) is 6.92 Å². The number of rotatable bonds is 4. The smallest absolute Gasteiger partial charge is 0.226 e. The van der Waals surface area contributed by atoms with E-state index in [1.165, 1.54) is 0 Å². The van der Waals surface area contributed by atoms with Crippen molar-refractivity contribution in [1.29, 1.82) is 0 Å². The first kappa shape index (κ1) is 18.8. The molecular weight excluding hydrogens is 382 g/mol. The first-order valence-corrected chi connectivity index (χ1v) is 11.0. The van der Waals surface area contributed by atoms with Crippen LogP contribution in [0.25, 0.3) is 0 Å². The minimum atomic E-state index is -3.07. The Morgan fingerprint density at radius 1 is 1.25 bits per heavy atom. The molecule has 2 aliphatic rings. The molecule has 0 spiro atoms. The van der Waals surface area contributed by atoms with E-state index >= 15 is 0 Å². The van der Waals surface area contributed by atoms with E-state index in [4.69, 9.17) is 9.47 Å². The quantitative estimate of drug-likeness (QED) is 0.836. The van der Waals surface area contributed by atoms with E-state index in [1.807, 2.05) is 25.1 Å². The lowest BCUT2D eigenvalue weighted by atomic mass is 9.85. The lowest BCUT2D eigenvalue weighted by Crippen LogP contribution is -2.26. The molecule has 150 valence electrons. The summed E-state index contributed by atoms with van der Waals surface area (Å²) in [4.78, 5) is 12.5. The second kappa shape index (κ2) is 6.80. The Morgan fingerprint density at radius 3 is 2.68 bits per heavy atom. The molecule has 0 saturated carbocycles. The number of aromatic nitrogens is 2. The van der Waals surface area contributed by atoms with E-state index < -0.39 is 9.84 Å². The summed E-state index contributed by atoms with van der Waals surface area (Å²) in [5, 5.41) is 7.53. The lowest BCUT2D eigenvalue weighted by Gasteiger charge is -2.26. The van der Waals surface area contributed by atoms with Crippen molar-refractivity contribution >= 4 is 21.6 Å². The van der Waals surface area contributed by atoms with E-state index in [9.17, 15) is 13.2 Å². The first-order chi connectivity index (χ1) is 13.3. The molecule has 1 aromatic heterocycles. The van der Waals surface area contributed by atoms with E-state index in [0.29, 0.717) is 23.7 Å². The maximum Gasteiger partial charge on any atom is 0.226 e. The van der Waals surface area contributed by atoms with Crippen molar-refractivity contribution in [2.75, 3.05) is 31.0 Å². The van der Waals surface area contributed by atoms with Gasteiger partial charge in [-0.1, -0.05) is 0 Å². The summed E-state index contributed by atoms with van der Waals surface area (Å²) >= 11 is 0. The zero-order valence-corrected chi connectivity index (χ0v) is 16.9. The van der Waals surface area contributed by atoms with Crippen LogP contribution in [0.3, 0.4) is 0 Å². The largest absolute Gasteiger partial charge is 0.497 e. The summed E-state index contributed by atoms with van der Waals surface area (Å²) < 4.78 is 36.4. The fraction of sp³-hybridized carbons (Fsp3) is 0.474. The third-order valence-corrected chi connectivity index (χ3v) is 7.24. The number of sulfone groups is 1. The third-order valence-electron chi connectivity index (χ3n) is 5.49. The van der Waals surface area contributed by atoms with Crippen LogP contribution >= 0.6 is 0 Å². The van der Waals surface area contributed by atoms with Crippen LogP contribution < -0.4 is 14.8 Å². The Balaban J connectivity index is 1.84. The molecule has 0 unspecified atom stereocenters. The zero-order valence-electron chi connectivity index (χ0n) is 16.1. The average Bonchev–Trinajstić information content (AvgIpc) is 3.19. The van der Waals surface area contributed by atoms with Crippen molar-refractivity contribution in [1.82, 2.24) is 9.78 Å². The van der Waals surface area contributed by atoms with Gasteiger partial charge in [-0.25, -0.2) is 13.1 Å². The summed E-state index contributed by atoms with van der Waals surface area (Å²) in [6.45, 7) is 1.88. The van der Waals surface area contributed by atoms with Crippen LogP contribution in [0.2, 0.25) is 0 Å². The standard InChI is InChI=1S/C19H23N3O5S/c1-11-18-15(14-8-13(26-2)4-5-16(14)27-3)9-17(23)20-19(18)22(21-11)12-6-7-28(24,25)10-12/h4-5,8,12,15H,6-7,9-10H2,1-3H3,(H,20,23)/t12-,15-/m1/s1. The van der Waals surface area contributed by atoms with Crippen LogP contribution in [-0.2, 0) is 14.6 Å². The summed E-state index contributed by atoms with van der Waals surface area (Å²) in [7, 11) is 0.114. The second-order valence-corrected chi connectivity index (χ2v) is 9.49. The van der Waals surface area contributed by atoms with Gasteiger partial charge in [0.25, 0.3) is 0 Å². The number of carbonyl (C=O) groups is 1. The Morgan fingerprint density at radius 2 is 2.04 bits per heavy atom. The molecular formula is C19H23N3O5S. The molecule has 4 rings (SSSR count). The minimum absolute atomic E-state index is 0.0452. The molecule has 8 nitrogen and oxygen atoms in total. The highest BCUT2D eigenvalue weighted by molar-refractivity contribution is 7.91. The van der Waals surface area contributed by atoms with Crippen molar-refractivity contribution in [3.05, 3.63) is 35.0 Å². The summed E-state index contributed by atoms with van der Waals surface area (Å²) in [6.07, 6.45) is 0.755. The molecule has 2 aromatic rings. The molecule has 2 atom stereocenters. The van der Waals surface area contributed by atoms with Crippen molar-refractivity contribution in [2.45, 2.75) is 31.7 Å². The van der Waals surface area contributed by atoms with E-state index in [1.54, 1.807) is 18.9 Å². The van der Waals surface area contributed by atoms with Crippen molar-refractivity contribution in [3.63, 3.8) is 0 Å². The topological polar surface area (TPSA) is 99.5 Å². The average molecular weight is 405 g/mol. The summed E-state index contributed by atoms with van der Waals surface area (Å²) in [5.74, 6) is 1.74. The van der Waals surface area contributed by atoms with Crippen molar-refractivity contribution in [2.24, 2.45) is 0 Å². The number of benzene rings is 1. The van der Waals surface area contributed by atoms with Crippen LogP contribution in [0.4, 0.5) is 5.82 Å². The van der Waals surface area contributed by atoms with Crippen molar-refractivity contribution in [3.8, 4) is 11.5 Å². The number of hydrogen-bond acceptors (Lipinski definition) is 6. The van der Waals surface area contributed by atoms with Gasteiger partial charge in [-0.15, -0.1) is 0 Å². The molecule has 1 amide bonds. The van der Waals surface area contributed by atoms with Gasteiger partial charge in [0.15, 0.2) is 9.84 Å². The first-order valence-electron chi connectivity index (χ1n) is 9.14. The van der Waals surface area contributed by atoms with Crippen LogP contribution in [0.15, 0.2) is 18.2 Å². The Hall–Kier alpha value is -2.55. The number of aryl methyl sites for hydroxylation is 1. The predicted octanol–water partition coefficient (Wildman–Crippen LogP) is 2.04. The molecule has 1 aromatic carbocycles. The van der Waals surface area contributed by atoms with Crippen molar-refractivity contribution < 1.29 is 22.7 Å². The molecule has 0 bridgehead atoms. The zero-order chi connectivity index (χ0) is 20.1. The van der Waals surface area contributed by atoms with E-state index in [-0.39, 0.29) is 35.8 Å². The second-order valence-electron chi connectivity index (χ2n) is 7.26. The monoisotopic (exact) mass is 405 g/mol. The molecule has 1 N–H and O–H groups in total. The number of fused-ring (bicyclic) bond motifs is 1.